The Labute approximate surface area is 160 Å². The third-order valence-electron chi connectivity index (χ3n) is 4.49. The summed E-state index contributed by atoms with van der Waals surface area (Å²) >= 11 is 0. The number of amides is 1. The second-order valence-corrected chi connectivity index (χ2v) is 6.62. The van der Waals surface area contributed by atoms with Gasteiger partial charge in [0.05, 0.1) is 17.1 Å². The maximum Gasteiger partial charge on any atom is 0.336 e. The predicted molar refractivity (Wildman–Crippen MR) is 105 cm³/mol. The van der Waals surface area contributed by atoms with Gasteiger partial charge < -0.3 is 19.5 Å². The zero-order chi connectivity index (χ0) is 19.7. The molecule has 0 aliphatic carbocycles. The number of H-pyrrole nitrogens is 1. The summed E-state index contributed by atoms with van der Waals surface area (Å²) in [6, 6.07) is 14.0. The number of carbonyl (C=O) groups excluding carboxylic acids is 1. The van der Waals surface area contributed by atoms with Gasteiger partial charge in [-0.25, -0.2) is 9.78 Å². The summed E-state index contributed by atoms with van der Waals surface area (Å²) in [6.07, 6.45) is 0. The third-order valence-corrected chi connectivity index (χ3v) is 4.49. The highest BCUT2D eigenvalue weighted by Crippen LogP contribution is 2.22. The molecule has 4 rings (SSSR count). The van der Waals surface area contributed by atoms with E-state index in [-0.39, 0.29) is 18.6 Å². The number of hydrogen-bond acceptors (Lipinski definition) is 5. The van der Waals surface area contributed by atoms with Crippen molar-refractivity contribution in [2.24, 2.45) is 0 Å². The van der Waals surface area contributed by atoms with Crippen LogP contribution in [0, 0.1) is 6.92 Å². The van der Waals surface area contributed by atoms with Crippen molar-refractivity contribution in [1.29, 1.82) is 0 Å². The van der Waals surface area contributed by atoms with Gasteiger partial charge in [-0.05, 0) is 43.7 Å². The first kappa shape index (κ1) is 17.8. The molecule has 7 heteroatoms. The van der Waals surface area contributed by atoms with E-state index in [1.807, 2.05) is 38.1 Å². The number of nitrogens with zero attached hydrogens (tertiary/aromatic N) is 1. The minimum atomic E-state index is -0.417. The van der Waals surface area contributed by atoms with Gasteiger partial charge >= 0.3 is 5.63 Å². The number of benzene rings is 2. The van der Waals surface area contributed by atoms with E-state index in [0.29, 0.717) is 17.2 Å². The molecule has 4 aromatic rings. The molecule has 0 radical (unpaired) electrons. The molecular weight excluding hydrogens is 358 g/mol. The fraction of sp³-hybridized carbons (Fsp3) is 0.190. The molecule has 0 fully saturated rings. The lowest BCUT2D eigenvalue weighted by Crippen LogP contribution is -2.31. The number of nitrogens with one attached hydrogen (secondary N) is 2. The van der Waals surface area contributed by atoms with Crippen molar-refractivity contribution in [2.75, 3.05) is 6.61 Å². The summed E-state index contributed by atoms with van der Waals surface area (Å²) in [6.45, 7) is 3.53. The van der Waals surface area contributed by atoms with E-state index in [0.717, 1.165) is 22.0 Å². The average molecular weight is 377 g/mol. The molecule has 2 N–H and O–H groups in total. The van der Waals surface area contributed by atoms with E-state index >= 15 is 0 Å². The minimum absolute atomic E-state index is 0.161. The van der Waals surface area contributed by atoms with Crippen LogP contribution in [0.25, 0.3) is 22.0 Å². The molecular formula is C21H19N3O4. The average Bonchev–Trinajstić information content (AvgIpc) is 3.10. The SMILES string of the molecule is Cc1cc(=O)oc2cc(OCC(=O)NC(C)c3nc4ccccc4[nH]3)ccc12. The summed E-state index contributed by atoms with van der Waals surface area (Å²) in [5.74, 6) is 0.851. The van der Waals surface area contributed by atoms with E-state index in [1.54, 1.807) is 18.2 Å². The number of aromatic nitrogens is 2. The molecule has 28 heavy (non-hydrogen) atoms. The van der Waals surface area contributed by atoms with Crippen LogP contribution in [0.1, 0.15) is 24.4 Å². The third kappa shape index (κ3) is 3.59. The quantitative estimate of drug-likeness (QED) is 0.521. The Kier molecular flexibility index (Phi) is 4.57. The number of hydrogen-bond donors (Lipinski definition) is 2. The molecule has 0 bridgehead atoms. The van der Waals surface area contributed by atoms with Gasteiger partial charge in [0, 0.05) is 17.5 Å². The van der Waals surface area contributed by atoms with Crippen LogP contribution < -0.4 is 15.7 Å². The Balaban J connectivity index is 1.41. The summed E-state index contributed by atoms with van der Waals surface area (Å²) in [5.41, 5.74) is 2.61. The van der Waals surface area contributed by atoms with Crippen molar-refractivity contribution >= 4 is 27.9 Å². The largest absolute Gasteiger partial charge is 0.484 e. The fourth-order valence-corrected chi connectivity index (χ4v) is 3.07. The van der Waals surface area contributed by atoms with Crippen molar-refractivity contribution in [2.45, 2.75) is 19.9 Å². The highest BCUT2D eigenvalue weighted by molar-refractivity contribution is 5.82. The number of fused-ring (bicyclic) bond motifs is 2. The number of ether oxygens (including phenoxy) is 1. The highest BCUT2D eigenvalue weighted by Gasteiger charge is 2.14. The highest BCUT2D eigenvalue weighted by atomic mass is 16.5. The van der Waals surface area contributed by atoms with Gasteiger partial charge in [0.15, 0.2) is 6.61 Å². The summed E-state index contributed by atoms with van der Waals surface area (Å²) in [4.78, 5) is 31.4. The van der Waals surface area contributed by atoms with Gasteiger partial charge in [-0.3, -0.25) is 4.79 Å². The number of para-hydroxylation sites is 2. The van der Waals surface area contributed by atoms with E-state index in [4.69, 9.17) is 9.15 Å². The molecule has 142 valence electrons. The molecule has 1 atom stereocenters. The maximum atomic E-state index is 12.2. The second-order valence-electron chi connectivity index (χ2n) is 6.62. The van der Waals surface area contributed by atoms with Crippen LogP contribution in [0.3, 0.4) is 0 Å². The summed E-state index contributed by atoms with van der Waals surface area (Å²) in [5, 5.41) is 3.68. The van der Waals surface area contributed by atoms with Gasteiger partial charge in [0.2, 0.25) is 0 Å². The van der Waals surface area contributed by atoms with Crippen LogP contribution in [0.5, 0.6) is 5.75 Å². The minimum Gasteiger partial charge on any atom is -0.484 e. The van der Waals surface area contributed by atoms with Gasteiger partial charge in [0.1, 0.15) is 17.2 Å². The maximum absolute atomic E-state index is 12.2. The fourth-order valence-electron chi connectivity index (χ4n) is 3.07. The Bertz CT molecular complexity index is 1190. The van der Waals surface area contributed by atoms with Crippen molar-refractivity contribution in [3.63, 3.8) is 0 Å². The van der Waals surface area contributed by atoms with Crippen molar-refractivity contribution in [1.82, 2.24) is 15.3 Å². The van der Waals surface area contributed by atoms with E-state index in [1.165, 1.54) is 6.07 Å². The Hall–Kier alpha value is -3.61. The van der Waals surface area contributed by atoms with Crippen molar-refractivity contribution < 1.29 is 13.9 Å². The van der Waals surface area contributed by atoms with E-state index in [2.05, 4.69) is 15.3 Å². The number of imidazole rings is 1. The molecule has 2 aromatic heterocycles. The molecule has 1 unspecified atom stereocenters. The van der Waals surface area contributed by atoms with Crippen LogP contribution in [-0.4, -0.2) is 22.5 Å². The number of carbonyl (C=O) groups is 1. The van der Waals surface area contributed by atoms with Crippen LogP contribution in [0.2, 0.25) is 0 Å². The normalized spacial score (nSPS) is 12.2. The lowest BCUT2D eigenvalue weighted by atomic mass is 10.1. The lowest BCUT2D eigenvalue weighted by molar-refractivity contribution is -0.123. The molecule has 7 nitrogen and oxygen atoms in total. The predicted octanol–water partition coefficient (Wildman–Crippen LogP) is 3.23. The van der Waals surface area contributed by atoms with Crippen molar-refractivity contribution in [3.05, 3.63) is 70.3 Å². The molecule has 0 saturated heterocycles. The first-order valence-electron chi connectivity index (χ1n) is 8.91. The van der Waals surface area contributed by atoms with Crippen LogP contribution in [0.15, 0.2) is 57.7 Å². The van der Waals surface area contributed by atoms with Gasteiger partial charge in [-0.1, -0.05) is 12.1 Å². The Morgan fingerprint density at radius 3 is 2.89 bits per heavy atom. The first-order chi connectivity index (χ1) is 13.5. The molecule has 0 saturated carbocycles. The smallest absolute Gasteiger partial charge is 0.336 e. The molecule has 2 aromatic carbocycles. The monoisotopic (exact) mass is 377 g/mol. The number of rotatable bonds is 5. The van der Waals surface area contributed by atoms with Crippen LogP contribution in [-0.2, 0) is 4.79 Å². The molecule has 0 aliphatic heterocycles. The van der Waals surface area contributed by atoms with Crippen LogP contribution >= 0.6 is 0 Å². The van der Waals surface area contributed by atoms with Gasteiger partial charge in [-0.2, -0.15) is 0 Å². The molecule has 2 heterocycles. The summed E-state index contributed by atoms with van der Waals surface area (Å²) < 4.78 is 10.7. The first-order valence-corrected chi connectivity index (χ1v) is 8.91. The Morgan fingerprint density at radius 2 is 2.07 bits per heavy atom. The molecule has 1 amide bonds. The standard InChI is InChI=1S/C21H19N3O4/c1-12-9-20(26)28-18-10-14(7-8-15(12)18)27-11-19(25)22-13(2)21-23-16-5-3-4-6-17(16)24-21/h3-10,13H,11H2,1-2H3,(H,22,25)(H,23,24). The summed E-state index contributed by atoms with van der Waals surface area (Å²) in [7, 11) is 0. The van der Waals surface area contributed by atoms with Crippen molar-refractivity contribution in [3.8, 4) is 5.75 Å². The van der Waals surface area contributed by atoms with E-state index < -0.39 is 5.63 Å². The van der Waals surface area contributed by atoms with Crippen LogP contribution in [0.4, 0.5) is 0 Å². The molecule has 0 aliphatic rings. The molecule has 0 spiro atoms. The topological polar surface area (TPSA) is 97.2 Å². The number of aromatic amines is 1. The van der Waals surface area contributed by atoms with Gasteiger partial charge in [-0.15, -0.1) is 0 Å². The Morgan fingerprint density at radius 1 is 1.25 bits per heavy atom. The lowest BCUT2D eigenvalue weighted by Gasteiger charge is -2.12. The zero-order valence-electron chi connectivity index (χ0n) is 15.5. The van der Waals surface area contributed by atoms with E-state index in [9.17, 15) is 9.59 Å². The number of aryl methyl sites for hydroxylation is 1. The second kappa shape index (κ2) is 7.19. The zero-order valence-corrected chi connectivity index (χ0v) is 15.5. The van der Waals surface area contributed by atoms with Gasteiger partial charge in [0.25, 0.3) is 5.91 Å².